The summed E-state index contributed by atoms with van der Waals surface area (Å²) in [6.07, 6.45) is 3.36. The topological polar surface area (TPSA) is 68.0 Å². The first-order chi connectivity index (χ1) is 6.58. The number of hydrogen-bond acceptors (Lipinski definition) is 4. The summed E-state index contributed by atoms with van der Waals surface area (Å²) in [5.41, 5.74) is 6.35. The van der Waals surface area contributed by atoms with Crippen molar-refractivity contribution < 1.29 is 4.21 Å². The molecule has 2 atom stereocenters. The molecule has 78 valence electrons. The molecule has 0 spiro atoms. The number of rotatable bonds is 4. The van der Waals surface area contributed by atoms with Crippen LogP contribution in [0.25, 0.3) is 0 Å². The van der Waals surface area contributed by atoms with E-state index in [9.17, 15) is 4.21 Å². The second-order valence-electron chi connectivity index (χ2n) is 3.26. The van der Waals surface area contributed by atoms with E-state index in [-0.39, 0.29) is 6.04 Å². The molecule has 14 heavy (non-hydrogen) atoms. The summed E-state index contributed by atoms with van der Waals surface area (Å²) in [5, 5.41) is 3.19. The molecule has 0 saturated carbocycles. The van der Waals surface area contributed by atoms with Crippen LogP contribution < -0.4 is 11.1 Å². The van der Waals surface area contributed by atoms with Gasteiger partial charge in [0, 0.05) is 28.9 Å². The maximum atomic E-state index is 10.9. The van der Waals surface area contributed by atoms with Crippen LogP contribution in [0.15, 0.2) is 18.3 Å². The summed E-state index contributed by atoms with van der Waals surface area (Å²) in [6.45, 7) is 1.98. The Bertz CT molecular complexity index is 312. The largest absolute Gasteiger partial charge is 0.384 e. The molecule has 0 radical (unpaired) electrons. The molecule has 2 unspecified atom stereocenters. The van der Waals surface area contributed by atoms with Crippen molar-refractivity contribution in [3.8, 4) is 0 Å². The number of pyridine rings is 1. The Morgan fingerprint density at radius 1 is 1.64 bits per heavy atom. The van der Waals surface area contributed by atoms with Crippen molar-refractivity contribution in [3.63, 3.8) is 0 Å². The Hall–Kier alpha value is -1.10. The summed E-state index contributed by atoms with van der Waals surface area (Å²) in [4.78, 5) is 3.95. The molecule has 0 fully saturated rings. The lowest BCUT2D eigenvalue weighted by molar-refractivity contribution is 0.683. The summed E-state index contributed by atoms with van der Waals surface area (Å²) >= 11 is 0. The average molecular weight is 213 g/mol. The zero-order chi connectivity index (χ0) is 10.6. The van der Waals surface area contributed by atoms with Crippen LogP contribution in [0.3, 0.4) is 0 Å². The zero-order valence-corrected chi connectivity index (χ0v) is 9.17. The van der Waals surface area contributed by atoms with E-state index in [1.165, 1.54) is 0 Å². The second kappa shape index (κ2) is 4.95. The highest BCUT2D eigenvalue weighted by atomic mass is 32.2. The highest BCUT2D eigenvalue weighted by Crippen LogP contribution is 2.08. The van der Waals surface area contributed by atoms with Gasteiger partial charge in [0.25, 0.3) is 0 Å². The zero-order valence-electron chi connectivity index (χ0n) is 8.36. The van der Waals surface area contributed by atoms with Crippen LogP contribution in [0.4, 0.5) is 11.5 Å². The van der Waals surface area contributed by atoms with Crippen LogP contribution in [-0.4, -0.2) is 27.2 Å². The van der Waals surface area contributed by atoms with Crippen LogP contribution in [-0.2, 0) is 10.8 Å². The highest BCUT2D eigenvalue weighted by Gasteiger charge is 2.03. The minimum Gasteiger partial charge on any atom is -0.384 e. The lowest BCUT2D eigenvalue weighted by atomic mass is 10.3. The maximum Gasteiger partial charge on any atom is 0.123 e. The summed E-state index contributed by atoms with van der Waals surface area (Å²) in [7, 11) is -0.781. The van der Waals surface area contributed by atoms with Crippen molar-refractivity contribution in [1.82, 2.24) is 4.98 Å². The lowest BCUT2D eigenvalue weighted by Crippen LogP contribution is -2.22. The molecule has 0 aliphatic heterocycles. The van der Waals surface area contributed by atoms with Gasteiger partial charge in [0.15, 0.2) is 0 Å². The summed E-state index contributed by atoms with van der Waals surface area (Å²) in [5.74, 6) is 1.13. The Morgan fingerprint density at radius 2 is 2.36 bits per heavy atom. The standard InChI is InChI=1S/C9H15N3OS/c1-7(6-14(2)13)12-8-3-4-9(10)11-5-8/h3-5,7,12H,6H2,1-2H3,(H2,10,11). The molecule has 1 aromatic heterocycles. The van der Waals surface area contributed by atoms with Gasteiger partial charge in [-0.25, -0.2) is 4.98 Å². The molecule has 0 aliphatic rings. The molecular formula is C9H15N3OS. The van der Waals surface area contributed by atoms with E-state index in [1.54, 1.807) is 18.5 Å². The van der Waals surface area contributed by atoms with Crippen molar-refractivity contribution in [1.29, 1.82) is 0 Å². The molecule has 0 amide bonds. The fraction of sp³-hybridized carbons (Fsp3) is 0.444. The SMILES string of the molecule is CC(CS(C)=O)Nc1ccc(N)nc1. The first kappa shape index (κ1) is 11.0. The van der Waals surface area contributed by atoms with Crippen LogP contribution in [0, 0.1) is 0 Å². The highest BCUT2D eigenvalue weighted by molar-refractivity contribution is 7.84. The minimum atomic E-state index is -0.781. The number of nitrogens with one attached hydrogen (secondary N) is 1. The van der Waals surface area contributed by atoms with E-state index in [1.807, 2.05) is 13.0 Å². The molecule has 1 rings (SSSR count). The third kappa shape index (κ3) is 3.74. The first-order valence-corrected chi connectivity index (χ1v) is 6.08. The Morgan fingerprint density at radius 3 is 2.86 bits per heavy atom. The van der Waals surface area contributed by atoms with Gasteiger partial charge < -0.3 is 11.1 Å². The van der Waals surface area contributed by atoms with Gasteiger partial charge in [0.05, 0.1) is 11.9 Å². The van der Waals surface area contributed by atoms with Crippen molar-refractivity contribution >= 4 is 22.3 Å². The van der Waals surface area contributed by atoms with Crippen LogP contribution in [0.2, 0.25) is 0 Å². The van der Waals surface area contributed by atoms with Crippen molar-refractivity contribution in [2.75, 3.05) is 23.1 Å². The van der Waals surface area contributed by atoms with E-state index >= 15 is 0 Å². The predicted octanol–water partition coefficient (Wildman–Crippen LogP) is 0.843. The van der Waals surface area contributed by atoms with E-state index in [2.05, 4.69) is 10.3 Å². The fourth-order valence-electron chi connectivity index (χ4n) is 1.17. The Kier molecular flexibility index (Phi) is 3.88. The van der Waals surface area contributed by atoms with Crippen molar-refractivity contribution in [2.24, 2.45) is 0 Å². The second-order valence-corrected chi connectivity index (χ2v) is 4.74. The molecule has 1 heterocycles. The fourth-order valence-corrected chi connectivity index (χ4v) is 1.96. The smallest absolute Gasteiger partial charge is 0.123 e. The van der Waals surface area contributed by atoms with Crippen molar-refractivity contribution in [3.05, 3.63) is 18.3 Å². The van der Waals surface area contributed by atoms with Gasteiger partial charge >= 0.3 is 0 Å². The molecule has 3 N–H and O–H groups in total. The number of anilines is 2. The van der Waals surface area contributed by atoms with Gasteiger partial charge in [-0.2, -0.15) is 0 Å². The average Bonchev–Trinajstić information content (AvgIpc) is 2.07. The van der Waals surface area contributed by atoms with Gasteiger partial charge in [-0.15, -0.1) is 0 Å². The van der Waals surface area contributed by atoms with Gasteiger partial charge in [-0.3, -0.25) is 4.21 Å². The molecule has 1 aromatic rings. The Labute approximate surface area is 86.4 Å². The molecule has 5 heteroatoms. The predicted molar refractivity (Wildman–Crippen MR) is 60.7 cm³/mol. The molecule has 0 aliphatic carbocycles. The lowest BCUT2D eigenvalue weighted by Gasteiger charge is -2.13. The number of nitrogens with zero attached hydrogens (tertiary/aromatic N) is 1. The minimum absolute atomic E-state index is 0.172. The van der Waals surface area contributed by atoms with E-state index < -0.39 is 10.8 Å². The number of aromatic nitrogens is 1. The van der Waals surface area contributed by atoms with E-state index in [4.69, 9.17) is 5.73 Å². The van der Waals surface area contributed by atoms with Gasteiger partial charge in [-0.05, 0) is 19.1 Å². The van der Waals surface area contributed by atoms with Gasteiger partial charge in [0.1, 0.15) is 5.82 Å². The number of nitrogens with two attached hydrogens (primary N) is 1. The van der Waals surface area contributed by atoms with Gasteiger partial charge in [-0.1, -0.05) is 0 Å². The van der Waals surface area contributed by atoms with E-state index in [0.717, 1.165) is 5.69 Å². The van der Waals surface area contributed by atoms with Crippen molar-refractivity contribution in [2.45, 2.75) is 13.0 Å². The molecule has 0 aromatic carbocycles. The van der Waals surface area contributed by atoms with Gasteiger partial charge in [0.2, 0.25) is 0 Å². The third-order valence-electron chi connectivity index (χ3n) is 1.68. The van der Waals surface area contributed by atoms with Crippen LogP contribution in [0.5, 0.6) is 0 Å². The molecular weight excluding hydrogens is 198 g/mol. The maximum absolute atomic E-state index is 10.9. The monoisotopic (exact) mass is 213 g/mol. The Balaban J connectivity index is 2.51. The summed E-state index contributed by atoms with van der Waals surface area (Å²) < 4.78 is 10.9. The van der Waals surface area contributed by atoms with Crippen LogP contribution >= 0.6 is 0 Å². The van der Waals surface area contributed by atoms with E-state index in [0.29, 0.717) is 11.6 Å². The molecule has 0 saturated heterocycles. The van der Waals surface area contributed by atoms with Crippen LogP contribution in [0.1, 0.15) is 6.92 Å². The molecule has 0 bridgehead atoms. The number of hydrogen-bond donors (Lipinski definition) is 2. The quantitative estimate of drug-likeness (QED) is 0.778. The summed E-state index contributed by atoms with van der Waals surface area (Å²) in [6, 6.07) is 3.77. The normalized spacial score (nSPS) is 14.7. The third-order valence-corrected chi connectivity index (χ3v) is 2.65. The molecule has 4 nitrogen and oxygen atoms in total. The first-order valence-electron chi connectivity index (χ1n) is 4.36. The number of nitrogen functional groups attached to an aromatic ring is 1.